The van der Waals surface area contributed by atoms with E-state index >= 15 is 0 Å². The molecule has 5 heteroatoms. The van der Waals surface area contributed by atoms with Crippen molar-refractivity contribution in [3.63, 3.8) is 0 Å². The third-order valence-electron chi connectivity index (χ3n) is 4.26. The molecular weight excluding hydrogens is 264 g/mol. The van der Waals surface area contributed by atoms with Crippen LogP contribution in [0.25, 0.3) is 0 Å². The van der Waals surface area contributed by atoms with Crippen LogP contribution >= 0.6 is 0 Å². The largest absolute Gasteiger partial charge is 0.368 e. The van der Waals surface area contributed by atoms with E-state index in [0.717, 1.165) is 30.5 Å². The van der Waals surface area contributed by atoms with E-state index in [0.29, 0.717) is 6.54 Å². The molecule has 0 bridgehead atoms. The van der Waals surface area contributed by atoms with Crippen molar-refractivity contribution >= 4 is 5.91 Å². The van der Waals surface area contributed by atoms with E-state index in [1.54, 1.807) is 6.33 Å². The number of aryl methyl sites for hydroxylation is 1. The Hall–Kier alpha value is -2.14. The molecule has 1 aliphatic carbocycles. The number of carbonyl (C=O) groups is 1. The normalized spacial score (nSPS) is 17.0. The summed E-state index contributed by atoms with van der Waals surface area (Å²) in [6, 6.07) is 9.30. The molecule has 0 fully saturated rings. The molecule has 1 unspecified atom stereocenters. The minimum absolute atomic E-state index is 0.328. The average molecular weight is 284 g/mol. The van der Waals surface area contributed by atoms with Crippen molar-refractivity contribution < 1.29 is 4.79 Å². The second kappa shape index (κ2) is 5.33. The molecule has 3 rings (SSSR count). The molecular formula is C16H20N4O. The third-order valence-corrected chi connectivity index (χ3v) is 4.26. The van der Waals surface area contributed by atoms with Gasteiger partial charge in [-0.15, -0.1) is 0 Å². The molecule has 0 spiro atoms. The molecule has 1 heterocycles. The lowest BCUT2D eigenvalue weighted by atomic mass is 9.89. The molecule has 110 valence electrons. The van der Waals surface area contributed by atoms with E-state index in [1.165, 1.54) is 12.1 Å². The van der Waals surface area contributed by atoms with Gasteiger partial charge in [-0.3, -0.25) is 4.79 Å². The minimum atomic E-state index is -1.22. The van der Waals surface area contributed by atoms with Gasteiger partial charge >= 0.3 is 0 Å². The SMILES string of the molecule is NC(=O)C(N)(Cn1cnc2c1CCCC2)c1ccccc1. The summed E-state index contributed by atoms with van der Waals surface area (Å²) < 4.78 is 1.99. The topological polar surface area (TPSA) is 86.9 Å². The Kier molecular flexibility index (Phi) is 3.51. The van der Waals surface area contributed by atoms with Gasteiger partial charge in [-0.2, -0.15) is 0 Å². The van der Waals surface area contributed by atoms with Gasteiger partial charge in [0.25, 0.3) is 0 Å². The summed E-state index contributed by atoms with van der Waals surface area (Å²) >= 11 is 0. The van der Waals surface area contributed by atoms with Gasteiger partial charge in [0, 0.05) is 5.69 Å². The molecule has 4 N–H and O–H groups in total. The van der Waals surface area contributed by atoms with E-state index in [2.05, 4.69) is 4.98 Å². The number of carbonyl (C=O) groups excluding carboxylic acids is 1. The molecule has 0 radical (unpaired) electrons. The van der Waals surface area contributed by atoms with Gasteiger partial charge in [0.1, 0.15) is 5.54 Å². The number of aromatic nitrogens is 2. The molecule has 1 amide bonds. The Morgan fingerprint density at radius 3 is 2.67 bits per heavy atom. The van der Waals surface area contributed by atoms with E-state index in [4.69, 9.17) is 11.5 Å². The van der Waals surface area contributed by atoms with Crippen LogP contribution in [0.2, 0.25) is 0 Å². The first-order valence-electron chi connectivity index (χ1n) is 7.28. The summed E-state index contributed by atoms with van der Waals surface area (Å²) in [4.78, 5) is 16.4. The second-order valence-electron chi connectivity index (χ2n) is 5.67. The molecule has 1 aromatic heterocycles. The molecule has 0 saturated carbocycles. The van der Waals surface area contributed by atoms with Crippen LogP contribution < -0.4 is 11.5 Å². The summed E-state index contributed by atoms with van der Waals surface area (Å²) in [5, 5.41) is 0. The zero-order valence-corrected chi connectivity index (χ0v) is 12.0. The molecule has 0 aliphatic heterocycles. The summed E-state index contributed by atoms with van der Waals surface area (Å²) in [6.07, 6.45) is 6.09. The smallest absolute Gasteiger partial charge is 0.243 e. The highest BCUT2D eigenvalue weighted by molar-refractivity contribution is 5.85. The zero-order chi connectivity index (χ0) is 14.9. The highest BCUT2D eigenvalue weighted by Gasteiger charge is 2.35. The van der Waals surface area contributed by atoms with Crippen LogP contribution in [0.15, 0.2) is 36.7 Å². The fourth-order valence-corrected chi connectivity index (χ4v) is 2.98. The molecule has 2 aromatic rings. The Morgan fingerprint density at radius 2 is 1.95 bits per heavy atom. The fourth-order valence-electron chi connectivity index (χ4n) is 2.98. The van der Waals surface area contributed by atoms with E-state index in [-0.39, 0.29) is 0 Å². The van der Waals surface area contributed by atoms with Crippen molar-refractivity contribution in [2.45, 2.75) is 37.8 Å². The maximum Gasteiger partial charge on any atom is 0.243 e. The number of hydrogen-bond donors (Lipinski definition) is 2. The Balaban J connectivity index is 1.97. The predicted octanol–water partition coefficient (Wildman–Crippen LogP) is 1.10. The number of benzene rings is 1. The lowest BCUT2D eigenvalue weighted by molar-refractivity contribution is -0.124. The summed E-state index contributed by atoms with van der Waals surface area (Å²) in [7, 11) is 0. The van der Waals surface area contributed by atoms with E-state index in [1.807, 2.05) is 34.9 Å². The second-order valence-corrected chi connectivity index (χ2v) is 5.67. The van der Waals surface area contributed by atoms with Crippen LogP contribution in [0.1, 0.15) is 29.8 Å². The first-order chi connectivity index (χ1) is 10.1. The number of primary amides is 1. The Morgan fingerprint density at radius 1 is 1.24 bits per heavy atom. The van der Waals surface area contributed by atoms with Crippen LogP contribution in [0.4, 0.5) is 0 Å². The van der Waals surface area contributed by atoms with Gasteiger partial charge in [-0.05, 0) is 31.2 Å². The number of nitrogens with zero attached hydrogens (tertiary/aromatic N) is 2. The summed E-state index contributed by atoms with van der Waals surface area (Å²) in [5.74, 6) is -0.521. The van der Waals surface area contributed by atoms with Gasteiger partial charge < -0.3 is 16.0 Å². The molecule has 0 saturated heterocycles. The van der Waals surface area contributed by atoms with Crippen molar-refractivity contribution in [2.24, 2.45) is 11.5 Å². The van der Waals surface area contributed by atoms with Crippen LogP contribution in [0, 0.1) is 0 Å². The monoisotopic (exact) mass is 284 g/mol. The zero-order valence-electron chi connectivity index (χ0n) is 12.0. The van der Waals surface area contributed by atoms with Crippen LogP contribution in [0.5, 0.6) is 0 Å². The lowest BCUT2D eigenvalue weighted by Gasteiger charge is -2.28. The molecule has 5 nitrogen and oxygen atoms in total. The highest BCUT2D eigenvalue weighted by atomic mass is 16.1. The van der Waals surface area contributed by atoms with E-state index in [9.17, 15) is 4.79 Å². The van der Waals surface area contributed by atoms with Crippen molar-refractivity contribution in [3.8, 4) is 0 Å². The third kappa shape index (κ3) is 2.45. The predicted molar refractivity (Wildman–Crippen MR) is 80.4 cm³/mol. The fraction of sp³-hybridized carbons (Fsp3) is 0.375. The van der Waals surface area contributed by atoms with Crippen LogP contribution in [-0.2, 0) is 29.7 Å². The number of fused-ring (bicyclic) bond motifs is 1. The van der Waals surface area contributed by atoms with Gasteiger partial charge in [0.05, 0.1) is 18.6 Å². The number of amides is 1. The van der Waals surface area contributed by atoms with Crippen molar-refractivity contribution in [3.05, 3.63) is 53.6 Å². The molecule has 1 aliphatic rings. The van der Waals surface area contributed by atoms with Gasteiger partial charge in [0.2, 0.25) is 5.91 Å². The van der Waals surface area contributed by atoms with Crippen molar-refractivity contribution in [2.75, 3.05) is 0 Å². The summed E-state index contributed by atoms with van der Waals surface area (Å²) in [5.41, 5.74) is 13.8. The summed E-state index contributed by atoms with van der Waals surface area (Å²) in [6.45, 7) is 0.328. The van der Waals surface area contributed by atoms with Crippen molar-refractivity contribution in [1.82, 2.24) is 9.55 Å². The first kappa shape index (κ1) is 13.8. The van der Waals surface area contributed by atoms with E-state index < -0.39 is 11.4 Å². The Bertz CT molecular complexity index is 650. The van der Waals surface area contributed by atoms with Gasteiger partial charge in [-0.1, -0.05) is 30.3 Å². The maximum atomic E-state index is 12.0. The quantitative estimate of drug-likeness (QED) is 0.881. The lowest BCUT2D eigenvalue weighted by Crippen LogP contribution is -2.52. The van der Waals surface area contributed by atoms with Gasteiger partial charge in [0.15, 0.2) is 0 Å². The van der Waals surface area contributed by atoms with Crippen molar-refractivity contribution in [1.29, 1.82) is 0 Å². The minimum Gasteiger partial charge on any atom is -0.368 e. The number of hydrogen-bond acceptors (Lipinski definition) is 3. The molecule has 1 aromatic carbocycles. The molecule has 21 heavy (non-hydrogen) atoms. The number of imidazole rings is 1. The van der Waals surface area contributed by atoms with Gasteiger partial charge in [-0.25, -0.2) is 4.98 Å². The van der Waals surface area contributed by atoms with Crippen LogP contribution in [-0.4, -0.2) is 15.5 Å². The maximum absolute atomic E-state index is 12.0. The van der Waals surface area contributed by atoms with Crippen LogP contribution in [0.3, 0.4) is 0 Å². The first-order valence-corrected chi connectivity index (χ1v) is 7.28. The Labute approximate surface area is 124 Å². The number of nitrogens with two attached hydrogens (primary N) is 2. The number of rotatable bonds is 4. The highest BCUT2D eigenvalue weighted by Crippen LogP contribution is 2.25. The average Bonchev–Trinajstić information content (AvgIpc) is 2.91. The molecule has 1 atom stereocenters. The standard InChI is InChI=1S/C16H20N4O/c17-15(21)16(18,12-6-2-1-3-7-12)10-20-11-19-13-8-4-5-9-14(13)20/h1-3,6-7,11H,4-5,8-10,18H2,(H2,17,21).